The van der Waals surface area contributed by atoms with Gasteiger partial charge in [-0.25, -0.2) is 9.97 Å². The molecule has 3 aromatic heterocycles. The summed E-state index contributed by atoms with van der Waals surface area (Å²) in [7, 11) is 0. The molecule has 4 heterocycles. The van der Waals surface area contributed by atoms with Crippen molar-refractivity contribution >= 4 is 22.7 Å². The standard InChI is InChI=1S/C20H18N4O2/c1-13-22-16-10-14(4-6-18(16)26-13)15-5-7-19-21-11-17(24(19)12-15)20(25)23-8-2-3-9-23/h4-7,10-12H,2-3,8-9H2,1H3. The summed E-state index contributed by atoms with van der Waals surface area (Å²) in [5.41, 5.74) is 5.03. The van der Waals surface area contributed by atoms with Crippen LogP contribution in [0.15, 0.2) is 47.1 Å². The van der Waals surface area contributed by atoms with Crippen molar-refractivity contribution in [2.45, 2.75) is 19.8 Å². The number of likely N-dealkylation sites (tertiary alicyclic amines) is 1. The lowest BCUT2D eigenvalue weighted by atomic mass is 10.1. The fourth-order valence-corrected chi connectivity index (χ4v) is 3.61. The van der Waals surface area contributed by atoms with Crippen LogP contribution < -0.4 is 0 Å². The lowest BCUT2D eigenvalue weighted by Crippen LogP contribution is -2.28. The summed E-state index contributed by atoms with van der Waals surface area (Å²) in [6, 6.07) is 9.90. The Bertz CT molecular complexity index is 1140. The number of amides is 1. The van der Waals surface area contributed by atoms with Gasteiger partial charge in [0.15, 0.2) is 11.5 Å². The summed E-state index contributed by atoms with van der Waals surface area (Å²) >= 11 is 0. The topological polar surface area (TPSA) is 63.6 Å². The van der Waals surface area contributed by atoms with Crippen LogP contribution in [0.1, 0.15) is 29.2 Å². The molecule has 1 fully saturated rings. The second kappa shape index (κ2) is 5.69. The third kappa shape index (κ3) is 2.37. The van der Waals surface area contributed by atoms with Crippen LogP contribution in [-0.4, -0.2) is 38.3 Å². The van der Waals surface area contributed by atoms with E-state index in [9.17, 15) is 4.79 Å². The number of imidazole rings is 1. The first kappa shape index (κ1) is 15.1. The molecule has 1 aromatic carbocycles. The molecule has 0 N–H and O–H groups in total. The van der Waals surface area contributed by atoms with Gasteiger partial charge in [-0.3, -0.25) is 9.20 Å². The molecule has 6 heteroatoms. The SMILES string of the molecule is Cc1nc2cc(-c3ccc4ncc(C(=O)N5CCCC5)n4c3)ccc2o1. The molecule has 4 aromatic rings. The minimum absolute atomic E-state index is 0.0507. The van der Waals surface area contributed by atoms with Crippen LogP contribution in [0.2, 0.25) is 0 Å². The van der Waals surface area contributed by atoms with E-state index >= 15 is 0 Å². The number of nitrogens with zero attached hydrogens (tertiary/aromatic N) is 4. The number of hydrogen-bond acceptors (Lipinski definition) is 4. The molecular weight excluding hydrogens is 328 g/mol. The van der Waals surface area contributed by atoms with Gasteiger partial charge in [0.05, 0.1) is 6.20 Å². The minimum atomic E-state index is 0.0507. The molecule has 0 bridgehead atoms. The van der Waals surface area contributed by atoms with Crippen LogP contribution in [0.3, 0.4) is 0 Å². The van der Waals surface area contributed by atoms with Crippen molar-refractivity contribution < 1.29 is 9.21 Å². The Balaban J connectivity index is 1.59. The maximum Gasteiger partial charge on any atom is 0.272 e. The molecule has 0 radical (unpaired) electrons. The van der Waals surface area contributed by atoms with Crippen LogP contribution >= 0.6 is 0 Å². The van der Waals surface area contributed by atoms with Crippen molar-refractivity contribution in [1.82, 2.24) is 19.3 Å². The van der Waals surface area contributed by atoms with Gasteiger partial charge < -0.3 is 9.32 Å². The first-order valence-electron chi connectivity index (χ1n) is 8.83. The van der Waals surface area contributed by atoms with Gasteiger partial charge >= 0.3 is 0 Å². The predicted octanol–water partition coefficient (Wildman–Crippen LogP) is 3.69. The van der Waals surface area contributed by atoms with Gasteiger partial charge in [0.25, 0.3) is 5.91 Å². The summed E-state index contributed by atoms with van der Waals surface area (Å²) < 4.78 is 7.43. The van der Waals surface area contributed by atoms with Crippen LogP contribution in [-0.2, 0) is 0 Å². The molecule has 0 unspecified atom stereocenters. The van der Waals surface area contributed by atoms with E-state index in [-0.39, 0.29) is 5.91 Å². The Labute approximate surface area is 150 Å². The van der Waals surface area contributed by atoms with E-state index in [1.807, 2.05) is 52.8 Å². The van der Waals surface area contributed by atoms with E-state index in [2.05, 4.69) is 9.97 Å². The largest absolute Gasteiger partial charge is 0.441 e. The lowest BCUT2D eigenvalue weighted by molar-refractivity contribution is 0.0786. The fraction of sp³-hybridized carbons (Fsp3) is 0.250. The third-order valence-electron chi connectivity index (χ3n) is 4.95. The van der Waals surface area contributed by atoms with Crippen molar-refractivity contribution in [2.24, 2.45) is 0 Å². The number of fused-ring (bicyclic) bond motifs is 2. The maximum absolute atomic E-state index is 12.8. The Morgan fingerprint density at radius 2 is 1.92 bits per heavy atom. The molecular formula is C20H18N4O2. The molecule has 1 amide bonds. The average Bonchev–Trinajstić information content (AvgIpc) is 3.38. The summed E-state index contributed by atoms with van der Waals surface area (Å²) in [5, 5.41) is 0. The molecule has 1 aliphatic rings. The van der Waals surface area contributed by atoms with E-state index in [1.54, 1.807) is 6.20 Å². The number of pyridine rings is 1. The molecule has 1 aliphatic heterocycles. The summed E-state index contributed by atoms with van der Waals surface area (Å²) in [6.07, 6.45) is 5.79. The summed E-state index contributed by atoms with van der Waals surface area (Å²) in [6.45, 7) is 3.50. The Kier molecular flexibility index (Phi) is 3.31. The normalized spacial score (nSPS) is 14.6. The lowest BCUT2D eigenvalue weighted by Gasteiger charge is -2.14. The van der Waals surface area contributed by atoms with Crippen molar-refractivity contribution in [3.8, 4) is 11.1 Å². The van der Waals surface area contributed by atoms with Crippen molar-refractivity contribution in [1.29, 1.82) is 0 Å². The molecule has 130 valence electrons. The quantitative estimate of drug-likeness (QED) is 0.555. The van der Waals surface area contributed by atoms with Gasteiger partial charge in [0.1, 0.15) is 16.9 Å². The predicted molar refractivity (Wildman–Crippen MR) is 98.1 cm³/mol. The molecule has 6 nitrogen and oxygen atoms in total. The Hall–Kier alpha value is -3.15. The van der Waals surface area contributed by atoms with E-state index in [1.165, 1.54) is 0 Å². The van der Waals surface area contributed by atoms with Gasteiger partial charge in [-0.15, -0.1) is 0 Å². The molecule has 0 atom stereocenters. The van der Waals surface area contributed by atoms with Crippen LogP contribution in [0.5, 0.6) is 0 Å². The molecule has 0 aliphatic carbocycles. The van der Waals surface area contributed by atoms with Gasteiger partial charge in [0.2, 0.25) is 0 Å². The smallest absolute Gasteiger partial charge is 0.272 e. The van der Waals surface area contributed by atoms with Crippen LogP contribution in [0.4, 0.5) is 0 Å². The van der Waals surface area contributed by atoms with Gasteiger partial charge in [-0.05, 0) is 48.2 Å². The van der Waals surface area contributed by atoms with Gasteiger partial charge in [-0.1, -0.05) is 6.07 Å². The highest BCUT2D eigenvalue weighted by atomic mass is 16.3. The Morgan fingerprint density at radius 1 is 1.12 bits per heavy atom. The minimum Gasteiger partial charge on any atom is -0.441 e. The van der Waals surface area contributed by atoms with Crippen LogP contribution in [0, 0.1) is 6.92 Å². The van der Waals surface area contributed by atoms with E-state index in [0.29, 0.717) is 11.6 Å². The first-order valence-corrected chi connectivity index (χ1v) is 8.83. The zero-order valence-electron chi connectivity index (χ0n) is 14.5. The number of hydrogen-bond donors (Lipinski definition) is 0. The van der Waals surface area contributed by atoms with E-state index in [0.717, 1.165) is 53.8 Å². The zero-order valence-corrected chi connectivity index (χ0v) is 14.5. The number of aryl methyl sites for hydroxylation is 1. The number of aromatic nitrogens is 3. The van der Waals surface area contributed by atoms with Crippen molar-refractivity contribution in [3.63, 3.8) is 0 Å². The van der Waals surface area contributed by atoms with E-state index in [4.69, 9.17) is 4.42 Å². The zero-order chi connectivity index (χ0) is 17.7. The maximum atomic E-state index is 12.8. The number of rotatable bonds is 2. The third-order valence-corrected chi connectivity index (χ3v) is 4.95. The number of carbonyl (C=O) groups is 1. The fourth-order valence-electron chi connectivity index (χ4n) is 3.61. The Morgan fingerprint density at radius 3 is 2.77 bits per heavy atom. The number of benzene rings is 1. The summed E-state index contributed by atoms with van der Waals surface area (Å²) in [4.78, 5) is 23.5. The highest BCUT2D eigenvalue weighted by Gasteiger charge is 2.22. The second-order valence-corrected chi connectivity index (χ2v) is 6.70. The monoisotopic (exact) mass is 346 g/mol. The average molecular weight is 346 g/mol. The second-order valence-electron chi connectivity index (χ2n) is 6.70. The van der Waals surface area contributed by atoms with Gasteiger partial charge in [0, 0.05) is 26.2 Å². The number of oxazole rings is 1. The number of carbonyl (C=O) groups excluding carboxylic acids is 1. The first-order chi connectivity index (χ1) is 12.7. The van der Waals surface area contributed by atoms with Gasteiger partial charge in [-0.2, -0.15) is 0 Å². The van der Waals surface area contributed by atoms with Crippen LogP contribution in [0.25, 0.3) is 27.9 Å². The molecule has 1 saturated heterocycles. The molecule has 5 rings (SSSR count). The highest BCUT2D eigenvalue weighted by Crippen LogP contribution is 2.26. The van der Waals surface area contributed by atoms with Crippen molar-refractivity contribution in [2.75, 3.05) is 13.1 Å². The summed E-state index contributed by atoms with van der Waals surface area (Å²) in [5.74, 6) is 0.704. The highest BCUT2D eigenvalue weighted by molar-refractivity contribution is 5.93. The molecule has 0 spiro atoms. The van der Waals surface area contributed by atoms with E-state index < -0.39 is 0 Å². The molecule has 26 heavy (non-hydrogen) atoms. The van der Waals surface area contributed by atoms with Crippen molar-refractivity contribution in [3.05, 3.63) is 54.3 Å². The molecule has 0 saturated carbocycles.